The summed E-state index contributed by atoms with van der Waals surface area (Å²) >= 11 is 0. The lowest BCUT2D eigenvalue weighted by atomic mass is 9.74. The molecular formula is C11H18O2. The van der Waals surface area contributed by atoms with E-state index in [4.69, 9.17) is 0 Å². The average molecular weight is 182 g/mol. The molecule has 0 amide bonds. The molecule has 0 saturated heterocycles. The topological polar surface area (TPSA) is 40.5 Å². The van der Waals surface area contributed by atoms with Crippen molar-refractivity contribution >= 4 is 0 Å². The number of aliphatic hydroxyl groups is 2. The minimum Gasteiger partial charge on any atom is -0.387 e. The molecule has 2 nitrogen and oxygen atoms in total. The SMILES string of the molecule is C=C1CC(O)(C(C)(C)O)CC=C1C. The first kappa shape index (κ1) is 10.5. The lowest BCUT2D eigenvalue weighted by Gasteiger charge is -2.41. The van der Waals surface area contributed by atoms with Crippen molar-refractivity contribution in [2.75, 3.05) is 0 Å². The van der Waals surface area contributed by atoms with Crippen LogP contribution in [0.25, 0.3) is 0 Å². The third-order valence-corrected chi connectivity index (χ3v) is 2.95. The van der Waals surface area contributed by atoms with Gasteiger partial charge in [0.15, 0.2) is 0 Å². The van der Waals surface area contributed by atoms with E-state index < -0.39 is 11.2 Å². The van der Waals surface area contributed by atoms with E-state index in [0.29, 0.717) is 12.8 Å². The Kier molecular flexibility index (Phi) is 2.39. The fraction of sp³-hybridized carbons (Fsp3) is 0.636. The van der Waals surface area contributed by atoms with Gasteiger partial charge in [-0.05, 0) is 32.8 Å². The summed E-state index contributed by atoms with van der Waals surface area (Å²) in [6.07, 6.45) is 2.89. The zero-order valence-electron chi connectivity index (χ0n) is 8.59. The highest BCUT2D eigenvalue weighted by molar-refractivity contribution is 5.33. The first-order valence-corrected chi connectivity index (χ1v) is 4.56. The fourth-order valence-electron chi connectivity index (χ4n) is 1.50. The van der Waals surface area contributed by atoms with Crippen molar-refractivity contribution in [2.24, 2.45) is 0 Å². The highest BCUT2D eigenvalue weighted by Crippen LogP contribution is 2.37. The Morgan fingerprint density at radius 2 is 2.08 bits per heavy atom. The summed E-state index contributed by atoms with van der Waals surface area (Å²) in [6, 6.07) is 0. The van der Waals surface area contributed by atoms with E-state index in [1.165, 1.54) is 0 Å². The van der Waals surface area contributed by atoms with Crippen molar-refractivity contribution in [3.05, 3.63) is 23.8 Å². The van der Waals surface area contributed by atoms with Gasteiger partial charge in [-0.15, -0.1) is 0 Å². The van der Waals surface area contributed by atoms with Gasteiger partial charge < -0.3 is 10.2 Å². The molecule has 0 saturated carbocycles. The molecule has 0 aromatic carbocycles. The largest absolute Gasteiger partial charge is 0.387 e. The third-order valence-electron chi connectivity index (χ3n) is 2.95. The molecule has 0 radical (unpaired) electrons. The summed E-state index contributed by atoms with van der Waals surface area (Å²) in [5.74, 6) is 0. The van der Waals surface area contributed by atoms with Gasteiger partial charge in [-0.25, -0.2) is 0 Å². The van der Waals surface area contributed by atoms with Crippen LogP contribution >= 0.6 is 0 Å². The molecule has 1 rings (SSSR count). The van der Waals surface area contributed by atoms with Crippen LogP contribution < -0.4 is 0 Å². The van der Waals surface area contributed by atoms with Crippen molar-refractivity contribution in [1.82, 2.24) is 0 Å². The van der Waals surface area contributed by atoms with Gasteiger partial charge in [0.25, 0.3) is 0 Å². The summed E-state index contributed by atoms with van der Waals surface area (Å²) < 4.78 is 0. The van der Waals surface area contributed by atoms with Crippen LogP contribution in [0.1, 0.15) is 33.6 Å². The predicted molar refractivity (Wildman–Crippen MR) is 53.4 cm³/mol. The van der Waals surface area contributed by atoms with Crippen LogP contribution in [0.5, 0.6) is 0 Å². The molecule has 74 valence electrons. The molecule has 13 heavy (non-hydrogen) atoms. The molecule has 0 fully saturated rings. The summed E-state index contributed by atoms with van der Waals surface area (Å²) in [4.78, 5) is 0. The molecule has 0 aliphatic heterocycles. The van der Waals surface area contributed by atoms with Gasteiger partial charge in [-0.2, -0.15) is 0 Å². The van der Waals surface area contributed by atoms with E-state index in [1.54, 1.807) is 13.8 Å². The Balaban J connectivity index is 2.94. The maximum Gasteiger partial charge on any atom is 0.100 e. The Hall–Kier alpha value is -0.600. The van der Waals surface area contributed by atoms with Crippen molar-refractivity contribution in [2.45, 2.75) is 44.8 Å². The molecule has 1 atom stereocenters. The third kappa shape index (κ3) is 1.84. The lowest BCUT2D eigenvalue weighted by molar-refractivity contribution is -0.129. The first-order valence-electron chi connectivity index (χ1n) is 4.56. The van der Waals surface area contributed by atoms with Gasteiger partial charge in [-0.3, -0.25) is 0 Å². The first-order chi connectivity index (χ1) is 5.76. The Morgan fingerprint density at radius 1 is 1.54 bits per heavy atom. The molecule has 1 aliphatic rings. The molecule has 0 spiro atoms. The highest BCUT2D eigenvalue weighted by atomic mass is 16.4. The van der Waals surface area contributed by atoms with Crippen molar-refractivity contribution in [3.63, 3.8) is 0 Å². The van der Waals surface area contributed by atoms with Crippen LogP contribution in [0.2, 0.25) is 0 Å². The van der Waals surface area contributed by atoms with Crippen LogP contribution in [-0.4, -0.2) is 21.4 Å². The Morgan fingerprint density at radius 3 is 2.46 bits per heavy atom. The standard InChI is InChI=1S/C11H18O2/c1-8-5-6-11(13,7-9(8)2)10(3,4)12/h5,12-13H,2,6-7H2,1,3-4H3. The van der Waals surface area contributed by atoms with Gasteiger partial charge >= 0.3 is 0 Å². The van der Waals surface area contributed by atoms with Gasteiger partial charge in [0.2, 0.25) is 0 Å². The molecular weight excluding hydrogens is 164 g/mol. The lowest BCUT2D eigenvalue weighted by Crippen LogP contribution is -2.51. The van der Waals surface area contributed by atoms with Crippen LogP contribution in [0.15, 0.2) is 23.8 Å². The summed E-state index contributed by atoms with van der Waals surface area (Å²) in [5.41, 5.74) is -0.0960. The zero-order valence-corrected chi connectivity index (χ0v) is 8.59. The van der Waals surface area contributed by atoms with E-state index in [1.807, 2.05) is 13.0 Å². The van der Waals surface area contributed by atoms with Gasteiger partial charge in [0.05, 0.1) is 5.60 Å². The molecule has 0 heterocycles. The molecule has 2 heteroatoms. The Bertz CT molecular complexity index is 258. The van der Waals surface area contributed by atoms with Gasteiger partial charge in [0.1, 0.15) is 5.60 Å². The molecule has 2 N–H and O–H groups in total. The van der Waals surface area contributed by atoms with Gasteiger partial charge in [0, 0.05) is 6.42 Å². The Labute approximate surface area is 79.6 Å². The highest BCUT2D eigenvalue weighted by Gasteiger charge is 2.43. The quantitative estimate of drug-likeness (QED) is 0.649. The van der Waals surface area contributed by atoms with E-state index in [9.17, 15) is 10.2 Å². The summed E-state index contributed by atoms with van der Waals surface area (Å²) in [5, 5.41) is 19.9. The van der Waals surface area contributed by atoms with Crippen molar-refractivity contribution in [3.8, 4) is 0 Å². The number of hydrogen-bond donors (Lipinski definition) is 2. The normalized spacial score (nSPS) is 30.2. The molecule has 0 aromatic rings. The van der Waals surface area contributed by atoms with E-state index in [2.05, 4.69) is 6.58 Å². The second-order valence-corrected chi connectivity index (χ2v) is 4.46. The second kappa shape index (κ2) is 2.96. The van der Waals surface area contributed by atoms with Crippen LogP contribution in [0.4, 0.5) is 0 Å². The number of hydrogen-bond acceptors (Lipinski definition) is 2. The predicted octanol–water partition coefficient (Wildman–Crippen LogP) is 1.78. The molecule has 0 aromatic heterocycles. The van der Waals surface area contributed by atoms with Crippen molar-refractivity contribution in [1.29, 1.82) is 0 Å². The maximum atomic E-state index is 10.1. The van der Waals surface area contributed by atoms with E-state index >= 15 is 0 Å². The molecule has 1 aliphatic carbocycles. The van der Waals surface area contributed by atoms with Crippen LogP contribution in [-0.2, 0) is 0 Å². The molecule has 0 bridgehead atoms. The van der Waals surface area contributed by atoms with Crippen LogP contribution in [0, 0.1) is 0 Å². The molecule has 1 unspecified atom stereocenters. The van der Waals surface area contributed by atoms with Crippen LogP contribution in [0.3, 0.4) is 0 Å². The monoisotopic (exact) mass is 182 g/mol. The smallest absolute Gasteiger partial charge is 0.100 e. The number of rotatable bonds is 1. The summed E-state index contributed by atoms with van der Waals surface area (Å²) in [7, 11) is 0. The number of allylic oxidation sites excluding steroid dienone is 1. The van der Waals surface area contributed by atoms with E-state index in [0.717, 1.165) is 11.1 Å². The van der Waals surface area contributed by atoms with Gasteiger partial charge in [-0.1, -0.05) is 18.2 Å². The minimum absolute atomic E-state index is 0.457. The minimum atomic E-state index is -1.08. The maximum absolute atomic E-state index is 10.1. The van der Waals surface area contributed by atoms with E-state index in [-0.39, 0.29) is 0 Å². The fourth-order valence-corrected chi connectivity index (χ4v) is 1.50. The second-order valence-electron chi connectivity index (χ2n) is 4.46. The zero-order chi connectivity index (χ0) is 10.3. The van der Waals surface area contributed by atoms with Crippen molar-refractivity contribution < 1.29 is 10.2 Å². The average Bonchev–Trinajstić information content (AvgIpc) is 1.95. The summed E-state index contributed by atoms with van der Waals surface area (Å²) in [6.45, 7) is 9.11.